The number of halogens is 1. The first-order chi connectivity index (χ1) is 13.8. The lowest BCUT2D eigenvalue weighted by atomic mass is 10.1. The van der Waals surface area contributed by atoms with Gasteiger partial charge in [0.15, 0.2) is 0 Å². The molecule has 5 nitrogen and oxygen atoms in total. The number of para-hydroxylation sites is 1. The molecule has 0 atom stereocenters. The molecule has 0 spiro atoms. The summed E-state index contributed by atoms with van der Waals surface area (Å²) in [7, 11) is 0. The predicted octanol–water partition coefficient (Wildman–Crippen LogP) is 5.33. The molecule has 0 aliphatic rings. The second-order valence-electron chi connectivity index (χ2n) is 6.31. The van der Waals surface area contributed by atoms with Gasteiger partial charge in [0.05, 0.1) is 5.69 Å². The van der Waals surface area contributed by atoms with Crippen LogP contribution in [0.1, 0.15) is 11.4 Å². The van der Waals surface area contributed by atoms with Crippen molar-refractivity contribution in [2.24, 2.45) is 5.73 Å². The zero-order valence-corrected chi connectivity index (χ0v) is 16.6. The van der Waals surface area contributed by atoms with E-state index in [4.69, 9.17) is 15.2 Å². The van der Waals surface area contributed by atoms with Crippen LogP contribution in [0.5, 0.6) is 17.2 Å². The average Bonchev–Trinajstić information content (AvgIpc) is 3.23. The van der Waals surface area contributed by atoms with Gasteiger partial charge in [-0.05, 0) is 54.1 Å². The number of H-pyrrole nitrogens is 1. The van der Waals surface area contributed by atoms with E-state index in [1.807, 2.05) is 85.1 Å². The number of hydrogen-bond donors (Lipinski definition) is 2. The van der Waals surface area contributed by atoms with Crippen LogP contribution in [-0.4, -0.2) is 9.97 Å². The maximum atomic E-state index is 5.87. The molecule has 148 valence electrons. The highest BCUT2D eigenvalue weighted by molar-refractivity contribution is 5.85. The Morgan fingerprint density at radius 2 is 1.45 bits per heavy atom. The van der Waals surface area contributed by atoms with Gasteiger partial charge in [-0.1, -0.05) is 30.3 Å². The van der Waals surface area contributed by atoms with E-state index in [0.29, 0.717) is 13.2 Å². The minimum absolute atomic E-state index is 0. The first-order valence-corrected chi connectivity index (χ1v) is 9.09. The fraction of sp³-hybridized carbons (Fsp3) is 0.0870. The molecule has 0 aliphatic heterocycles. The molecule has 0 amide bonds. The summed E-state index contributed by atoms with van der Waals surface area (Å²) >= 11 is 0. The molecule has 6 heteroatoms. The molecule has 3 N–H and O–H groups in total. The number of imidazole rings is 1. The van der Waals surface area contributed by atoms with E-state index < -0.39 is 0 Å². The van der Waals surface area contributed by atoms with Gasteiger partial charge < -0.3 is 20.2 Å². The number of ether oxygens (including phenoxy) is 2. The standard InChI is InChI=1S/C23H21N3O2.ClH/c24-14-17-6-10-20(11-7-17)28-21-12-8-18(9-13-21)22-15-25-23(26-22)16-27-19-4-2-1-3-5-19;/h1-13,15H,14,16,24H2,(H,25,26);1H. The van der Waals surface area contributed by atoms with Crippen molar-refractivity contribution in [2.45, 2.75) is 13.2 Å². The summed E-state index contributed by atoms with van der Waals surface area (Å²) in [5.41, 5.74) is 8.57. The van der Waals surface area contributed by atoms with E-state index in [9.17, 15) is 0 Å². The van der Waals surface area contributed by atoms with Crippen LogP contribution in [0.25, 0.3) is 11.3 Å². The fourth-order valence-corrected chi connectivity index (χ4v) is 2.78. The Kier molecular flexibility index (Phi) is 6.89. The molecule has 0 fully saturated rings. The molecular formula is C23H22ClN3O2. The second kappa shape index (κ2) is 9.78. The quantitative estimate of drug-likeness (QED) is 0.434. The van der Waals surface area contributed by atoms with Crippen LogP contribution in [0.4, 0.5) is 0 Å². The smallest absolute Gasteiger partial charge is 0.146 e. The lowest BCUT2D eigenvalue weighted by Crippen LogP contribution is -1.97. The van der Waals surface area contributed by atoms with Gasteiger partial charge >= 0.3 is 0 Å². The number of aromatic amines is 1. The molecule has 0 saturated carbocycles. The Morgan fingerprint density at radius 3 is 2.10 bits per heavy atom. The minimum Gasteiger partial charge on any atom is -0.486 e. The van der Waals surface area contributed by atoms with Crippen LogP contribution in [0.15, 0.2) is 85.1 Å². The van der Waals surface area contributed by atoms with Crippen LogP contribution < -0.4 is 15.2 Å². The minimum atomic E-state index is 0. The van der Waals surface area contributed by atoms with E-state index in [0.717, 1.165) is 39.9 Å². The normalized spacial score (nSPS) is 10.2. The Bertz CT molecular complexity index is 1020. The van der Waals surface area contributed by atoms with Gasteiger partial charge in [0.25, 0.3) is 0 Å². The molecule has 0 radical (unpaired) electrons. The first kappa shape index (κ1) is 20.5. The highest BCUT2D eigenvalue weighted by Crippen LogP contribution is 2.25. The Labute approximate surface area is 175 Å². The highest BCUT2D eigenvalue weighted by Gasteiger charge is 2.06. The number of benzene rings is 3. The molecular weight excluding hydrogens is 386 g/mol. The van der Waals surface area contributed by atoms with Crippen molar-refractivity contribution < 1.29 is 9.47 Å². The van der Waals surface area contributed by atoms with Gasteiger partial charge in [-0.25, -0.2) is 4.98 Å². The summed E-state index contributed by atoms with van der Waals surface area (Å²) < 4.78 is 11.6. The van der Waals surface area contributed by atoms with Crippen molar-refractivity contribution in [1.82, 2.24) is 9.97 Å². The van der Waals surface area contributed by atoms with Crippen LogP contribution >= 0.6 is 12.4 Å². The molecule has 4 aromatic rings. The Balaban J connectivity index is 0.00000240. The average molecular weight is 408 g/mol. The van der Waals surface area contributed by atoms with Crippen molar-refractivity contribution >= 4 is 12.4 Å². The zero-order valence-electron chi connectivity index (χ0n) is 15.7. The summed E-state index contributed by atoms with van der Waals surface area (Å²) in [5.74, 6) is 3.15. The van der Waals surface area contributed by atoms with Crippen molar-refractivity contribution in [2.75, 3.05) is 0 Å². The Hall–Kier alpha value is -3.28. The van der Waals surface area contributed by atoms with Crippen molar-refractivity contribution in [3.63, 3.8) is 0 Å². The van der Waals surface area contributed by atoms with Crippen molar-refractivity contribution in [3.8, 4) is 28.5 Å². The second-order valence-corrected chi connectivity index (χ2v) is 6.31. The van der Waals surface area contributed by atoms with Gasteiger partial charge in [0.2, 0.25) is 0 Å². The van der Waals surface area contributed by atoms with Crippen molar-refractivity contribution in [1.29, 1.82) is 0 Å². The summed E-state index contributed by atoms with van der Waals surface area (Å²) in [6.45, 7) is 0.918. The molecule has 3 aromatic carbocycles. The zero-order chi connectivity index (χ0) is 19.2. The maximum Gasteiger partial charge on any atom is 0.146 e. The maximum absolute atomic E-state index is 5.87. The van der Waals surface area contributed by atoms with Crippen LogP contribution in [0, 0.1) is 0 Å². The SMILES string of the molecule is Cl.NCc1ccc(Oc2ccc(-c3c[nH]c(COc4ccccc4)n3)cc2)cc1. The molecule has 1 heterocycles. The number of nitrogens with one attached hydrogen (secondary N) is 1. The molecule has 0 saturated heterocycles. The molecule has 29 heavy (non-hydrogen) atoms. The van der Waals surface area contributed by atoms with E-state index in [1.165, 1.54) is 0 Å². The lowest BCUT2D eigenvalue weighted by Gasteiger charge is -2.07. The monoisotopic (exact) mass is 407 g/mol. The van der Waals surface area contributed by atoms with Gasteiger partial charge in [0.1, 0.15) is 29.7 Å². The lowest BCUT2D eigenvalue weighted by molar-refractivity contribution is 0.297. The van der Waals surface area contributed by atoms with Crippen molar-refractivity contribution in [3.05, 3.63) is 96.4 Å². The number of aromatic nitrogens is 2. The van der Waals surface area contributed by atoms with Gasteiger partial charge in [-0.3, -0.25) is 0 Å². The third-order valence-electron chi connectivity index (χ3n) is 4.29. The largest absolute Gasteiger partial charge is 0.486 e. The molecule has 0 unspecified atom stereocenters. The van der Waals surface area contributed by atoms with Gasteiger partial charge in [-0.15, -0.1) is 12.4 Å². The van der Waals surface area contributed by atoms with Gasteiger partial charge in [0, 0.05) is 18.3 Å². The molecule has 0 bridgehead atoms. The van der Waals surface area contributed by atoms with E-state index in [2.05, 4.69) is 9.97 Å². The first-order valence-electron chi connectivity index (χ1n) is 9.09. The third kappa shape index (κ3) is 5.38. The topological polar surface area (TPSA) is 73.2 Å². The van der Waals surface area contributed by atoms with Gasteiger partial charge in [-0.2, -0.15) is 0 Å². The summed E-state index contributed by atoms with van der Waals surface area (Å²) in [6.07, 6.45) is 1.88. The summed E-state index contributed by atoms with van der Waals surface area (Å²) in [4.78, 5) is 7.76. The number of nitrogens with two attached hydrogens (primary N) is 1. The van der Waals surface area contributed by atoms with Crippen LogP contribution in [-0.2, 0) is 13.2 Å². The highest BCUT2D eigenvalue weighted by atomic mass is 35.5. The number of hydrogen-bond acceptors (Lipinski definition) is 4. The molecule has 1 aromatic heterocycles. The summed E-state index contributed by atoms with van der Waals surface area (Å²) in [5, 5.41) is 0. The van der Waals surface area contributed by atoms with E-state index >= 15 is 0 Å². The summed E-state index contributed by atoms with van der Waals surface area (Å²) in [6, 6.07) is 25.3. The number of nitrogens with zero attached hydrogens (tertiary/aromatic N) is 1. The fourth-order valence-electron chi connectivity index (χ4n) is 2.78. The molecule has 0 aliphatic carbocycles. The Morgan fingerprint density at radius 1 is 0.793 bits per heavy atom. The van der Waals surface area contributed by atoms with E-state index in [-0.39, 0.29) is 12.4 Å². The molecule has 4 rings (SSSR count). The van der Waals surface area contributed by atoms with Crippen LogP contribution in [0.2, 0.25) is 0 Å². The predicted molar refractivity (Wildman–Crippen MR) is 116 cm³/mol. The van der Waals surface area contributed by atoms with E-state index in [1.54, 1.807) is 0 Å². The number of rotatable bonds is 7. The van der Waals surface area contributed by atoms with Crippen LogP contribution in [0.3, 0.4) is 0 Å². The third-order valence-corrected chi connectivity index (χ3v) is 4.29.